The molecule has 0 fully saturated rings. The van der Waals surface area contributed by atoms with Crippen LogP contribution in [0, 0.1) is 0 Å². The quantitative estimate of drug-likeness (QED) is 0.274. The van der Waals surface area contributed by atoms with Crippen molar-refractivity contribution in [3.05, 3.63) is 36.8 Å². The van der Waals surface area contributed by atoms with Gasteiger partial charge >= 0.3 is 5.92 Å². The lowest BCUT2D eigenvalue weighted by molar-refractivity contribution is 0.0213. The number of benzene rings is 1. The van der Waals surface area contributed by atoms with Gasteiger partial charge in [0.25, 0.3) is 0 Å². The van der Waals surface area contributed by atoms with Gasteiger partial charge in [-0.3, -0.25) is 0 Å². The van der Waals surface area contributed by atoms with E-state index < -0.39 is 30.4 Å². The van der Waals surface area contributed by atoms with Gasteiger partial charge in [0.05, 0.1) is 15.1 Å². The van der Waals surface area contributed by atoms with Crippen LogP contribution in [0.3, 0.4) is 0 Å². The van der Waals surface area contributed by atoms with E-state index in [9.17, 15) is 22.7 Å². The summed E-state index contributed by atoms with van der Waals surface area (Å²) in [6, 6.07) is 0. The van der Waals surface area contributed by atoms with Crippen LogP contribution in [0.1, 0.15) is 12.8 Å². The summed E-state index contributed by atoms with van der Waals surface area (Å²) in [6.07, 6.45) is -1.20. The monoisotopic (exact) mass is 404 g/mol. The fraction of sp³-hybridized carbons (Fsp3) is 0.273. The molecule has 0 atom stereocenters. The van der Waals surface area contributed by atoms with Gasteiger partial charge in [-0.05, 0) is 0 Å². The summed E-state index contributed by atoms with van der Waals surface area (Å²) < 4.78 is 47.5. The summed E-state index contributed by atoms with van der Waals surface area (Å²) in [7, 11) is 0. The van der Waals surface area contributed by atoms with E-state index in [4.69, 9.17) is 58.0 Å². The van der Waals surface area contributed by atoms with Crippen LogP contribution >= 0.6 is 58.0 Å². The molecule has 0 heterocycles. The highest BCUT2D eigenvalue weighted by Gasteiger charge is 2.43. The molecule has 1 aliphatic rings. The lowest BCUT2D eigenvalue weighted by atomic mass is 10.3. The van der Waals surface area contributed by atoms with Crippen molar-refractivity contribution in [2.45, 2.75) is 18.8 Å². The summed E-state index contributed by atoms with van der Waals surface area (Å²) in [5.74, 6) is -7.09. The Labute approximate surface area is 142 Å². The maximum absolute atomic E-state index is 11.9. The molecule has 1 aliphatic carbocycles. The SMILES string of the molecule is FC1=C(F)C(F)(F)CC1.Oc1c(Cl)c(Cl)c(Cl)c(Cl)c1Cl. The first-order valence-corrected chi connectivity index (χ1v) is 7.02. The normalized spacial score (nSPS) is 16.8. The van der Waals surface area contributed by atoms with Gasteiger partial charge in [-0.2, -0.15) is 8.78 Å². The number of aromatic hydroxyl groups is 1. The number of rotatable bonds is 0. The lowest BCUT2D eigenvalue weighted by Crippen LogP contribution is -2.10. The molecule has 10 heteroatoms. The highest BCUT2D eigenvalue weighted by atomic mass is 35.5. The molecule has 0 saturated heterocycles. The molecule has 2 rings (SSSR count). The van der Waals surface area contributed by atoms with Crippen LogP contribution in [-0.2, 0) is 0 Å². The maximum atomic E-state index is 11.9. The highest BCUT2D eigenvalue weighted by Crippen LogP contribution is 2.47. The average Bonchev–Trinajstić information content (AvgIpc) is 2.68. The zero-order valence-corrected chi connectivity index (χ0v) is 13.5. The molecule has 0 bridgehead atoms. The van der Waals surface area contributed by atoms with Gasteiger partial charge in [-0.15, -0.1) is 0 Å². The van der Waals surface area contributed by atoms with Crippen molar-refractivity contribution < 1.29 is 22.7 Å². The van der Waals surface area contributed by atoms with Crippen molar-refractivity contribution in [3.63, 3.8) is 0 Å². The molecule has 1 N–H and O–H groups in total. The second kappa shape index (κ2) is 7.01. The van der Waals surface area contributed by atoms with Crippen LogP contribution in [-0.4, -0.2) is 11.0 Å². The molecule has 0 aromatic heterocycles. The molecule has 0 radical (unpaired) electrons. The molecule has 1 nitrogen and oxygen atoms in total. The Kier molecular flexibility index (Phi) is 6.33. The van der Waals surface area contributed by atoms with E-state index in [1.54, 1.807) is 0 Å². The predicted molar refractivity (Wildman–Crippen MR) is 76.6 cm³/mol. The predicted octanol–water partition coefficient (Wildman–Crippen LogP) is 7.23. The molecule has 1 aromatic carbocycles. The third-order valence-corrected chi connectivity index (χ3v) is 4.66. The van der Waals surface area contributed by atoms with Crippen molar-refractivity contribution in [2.75, 3.05) is 0 Å². The standard InChI is InChI=1S/C6HCl5O.C5H4F4/c7-1-2(8)4(10)6(12)5(11)3(1)9;6-3-1-2-5(8,9)4(3)7/h12H;1-2H2. The molecule has 0 saturated carbocycles. The van der Waals surface area contributed by atoms with Gasteiger partial charge in [-0.1, -0.05) is 58.0 Å². The van der Waals surface area contributed by atoms with Crippen molar-refractivity contribution in [1.29, 1.82) is 0 Å². The molecule has 118 valence electrons. The number of allylic oxidation sites excluding steroid dienone is 2. The van der Waals surface area contributed by atoms with Gasteiger partial charge in [0.2, 0.25) is 5.83 Å². The zero-order chi connectivity index (χ0) is 16.5. The molecular formula is C11H5Cl5F4O. The first-order chi connectivity index (χ1) is 9.50. The van der Waals surface area contributed by atoms with Gasteiger partial charge in [0.15, 0.2) is 5.75 Å². The lowest BCUT2D eigenvalue weighted by Gasteiger charge is -2.06. The second-order valence-corrected chi connectivity index (χ2v) is 5.73. The Bertz CT molecular complexity index is 498. The van der Waals surface area contributed by atoms with Gasteiger partial charge in [0, 0.05) is 12.8 Å². The molecule has 21 heavy (non-hydrogen) atoms. The van der Waals surface area contributed by atoms with Crippen molar-refractivity contribution >= 4 is 58.0 Å². The van der Waals surface area contributed by atoms with E-state index in [0.29, 0.717) is 0 Å². The van der Waals surface area contributed by atoms with Gasteiger partial charge in [0.1, 0.15) is 15.9 Å². The first kappa shape index (κ1) is 19.0. The maximum Gasteiger partial charge on any atom is 0.301 e. The van der Waals surface area contributed by atoms with Crippen LogP contribution in [0.15, 0.2) is 11.7 Å². The number of hydrogen-bond acceptors (Lipinski definition) is 1. The van der Waals surface area contributed by atoms with E-state index in [1.165, 1.54) is 0 Å². The summed E-state index contributed by atoms with van der Waals surface area (Å²) in [6.45, 7) is 0. The van der Waals surface area contributed by atoms with Gasteiger partial charge < -0.3 is 5.11 Å². The van der Waals surface area contributed by atoms with E-state index in [1.807, 2.05) is 0 Å². The number of halogens is 9. The Hall–Kier alpha value is -0.0700. The van der Waals surface area contributed by atoms with Crippen LogP contribution in [0.25, 0.3) is 0 Å². The van der Waals surface area contributed by atoms with E-state index in [2.05, 4.69) is 0 Å². The average molecular weight is 406 g/mol. The Balaban J connectivity index is 0.000000219. The van der Waals surface area contributed by atoms with E-state index in [-0.39, 0.29) is 30.9 Å². The van der Waals surface area contributed by atoms with Crippen LogP contribution in [0.5, 0.6) is 5.75 Å². The Morgan fingerprint density at radius 1 is 0.810 bits per heavy atom. The molecule has 0 amide bonds. The third-order valence-electron chi connectivity index (χ3n) is 2.40. The molecule has 1 aromatic rings. The minimum absolute atomic E-state index is 0.00904. The number of hydrogen-bond donors (Lipinski definition) is 1. The molecule has 0 aliphatic heterocycles. The summed E-state index contributed by atoms with van der Waals surface area (Å²) in [5, 5.41) is 9.01. The summed E-state index contributed by atoms with van der Waals surface area (Å²) >= 11 is 27.9. The molecule has 0 unspecified atom stereocenters. The Morgan fingerprint density at radius 2 is 1.19 bits per heavy atom. The van der Waals surface area contributed by atoms with Gasteiger partial charge in [-0.25, -0.2) is 8.78 Å². The minimum Gasteiger partial charge on any atom is -0.505 e. The van der Waals surface area contributed by atoms with Crippen LogP contribution in [0.4, 0.5) is 17.6 Å². The fourth-order valence-corrected chi connectivity index (χ4v) is 2.41. The summed E-state index contributed by atoms with van der Waals surface area (Å²) in [5.41, 5.74) is 0. The van der Waals surface area contributed by atoms with E-state index >= 15 is 0 Å². The minimum atomic E-state index is -3.54. The second-order valence-electron chi connectivity index (χ2n) is 3.84. The van der Waals surface area contributed by atoms with Crippen molar-refractivity contribution in [3.8, 4) is 5.75 Å². The number of alkyl halides is 2. The van der Waals surface area contributed by atoms with Crippen molar-refractivity contribution in [2.24, 2.45) is 0 Å². The fourth-order valence-electron chi connectivity index (χ4n) is 1.28. The van der Waals surface area contributed by atoms with Crippen molar-refractivity contribution in [1.82, 2.24) is 0 Å². The largest absolute Gasteiger partial charge is 0.505 e. The Morgan fingerprint density at radius 3 is 1.43 bits per heavy atom. The number of phenols is 1. The summed E-state index contributed by atoms with van der Waals surface area (Å²) in [4.78, 5) is 0. The topological polar surface area (TPSA) is 20.2 Å². The van der Waals surface area contributed by atoms with E-state index in [0.717, 1.165) is 0 Å². The zero-order valence-electron chi connectivity index (χ0n) is 9.76. The molecular weight excluding hydrogens is 401 g/mol. The highest BCUT2D eigenvalue weighted by molar-refractivity contribution is 6.55. The molecule has 0 spiro atoms. The van der Waals surface area contributed by atoms with Crippen LogP contribution < -0.4 is 0 Å². The third kappa shape index (κ3) is 4.02. The smallest absolute Gasteiger partial charge is 0.301 e. The number of phenolic OH excluding ortho intramolecular Hbond substituents is 1. The first-order valence-electron chi connectivity index (χ1n) is 5.13. The van der Waals surface area contributed by atoms with Crippen LogP contribution in [0.2, 0.25) is 25.1 Å².